The molecule has 1 atom stereocenters. The number of nitrogens with one attached hydrogen (secondary N) is 1. The molecule has 2 aromatic rings. The highest BCUT2D eigenvalue weighted by Crippen LogP contribution is 2.33. The molecule has 0 spiro atoms. The lowest BCUT2D eigenvalue weighted by Gasteiger charge is -2.31. The molecule has 2 aliphatic rings. The van der Waals surface area contributed by atoms with Crippen molar-refractivity contribution in [1.29, 1.82) is 0 Å². The smallest absolute Gasteiger partial charge is 0.223 e. The van der Waals surface area contributed by atoms with E-state index >= 15 is 0 Å². The Balaban J connectivity index is 1.31. The van der Waals surface area contributed by atoms with Gasteiger partial charge in [-0.1, -0.05) is 36.4 Å². The van der Waals surface area contributed by atoms with Crippen LogP contribution in [-0.4, -0.2) is 44.9 Å². The molecular weight excluding hydrogens is 416 g/mol. The lowest BCUT2D eigenvalue weighted by Crippen LogP contribution is -2.43. The Bertz CT molecular complexity index is 1020. The van der Waals surface area contributed by atoms with Crippen LogP contribution in [0.3, 0.4) is 0 Å². The number of hydrogen-bond donors (Lipinski definition) is 1. The van der Waals surface area contributed by atoms with Gasteiger partial charge < -0.3 is 14.8 Å². The van der Waals surface area contributed by atoms with Crippen molar-refractivity contribution in [3.63, 3.8) is 0 Å². The van der Waals surface area contributed by atoms with Gasteiger partial charge in [0.25, 0.3) is 0 Å². The summed E-state index contributed by atoms with van der Waals surface area (Å²) in [7, 11) is -3.38. The monoisotopic (exact) mass is 444 g/mol. The van der Waals surface area contributed by atoms with Crippen LogP contribution in [0.25, 0.3) is 0 Å². The van der Waals surface area contributed by atoms with Gasteiger partial charge >= 0.3 is 0 Å². The first-order chi connectivity index (χ1) is 14.9. The van der Waals surface area contributed by atoms with E-state index in [4.69, 9.17) is 9.47 Å². The molecule has 0 unspecified atom stereocenters. The summed E-state index contributed by atoms with van der Waals surface area (Å²) in [4.78, 5) is 12.8. The Morgan fingerprint density at radius 1 is 1.06 bits per heavy atom. The van der Waals surface area contributed by atoms with Crippen molar-refractivity contribution in [3.8, 4) is 11.5 Å². The summed E-state index contributed by atoms with van der Waals surface area (Å²) in [5.41, 5.74) is 1.72. The summed E-state index contributed by atoms with van der Waals surface area (Å²) in [6, 6.07) is 14.7. The molecule has 2 heterocycles. The Kier molecular flexibility index (Phi) is 6.48. The van der Waals surface area contributed by atoms with E-state index in [1.807, 2.05) is 55.5 Å². The number of carbonyl (C=O) groups excluding carboxylic acids is 1. The van der Waals surface area contributed by atoms with Gasteiger partial charge in [-0.05, 0) is 43.0 Å². The van der Waals surface area contributed by atoms with Crippen molar-refractivity contribution in [1.82, 2.24) is 9.62 Å². The summed E-state index contributed by atoms with van der Waals surface area (Å²) in [6.45, 7) is 3.72. The summed E-state index contributed by atoms with van der Waals surface area (Å²) in [6.07, 6.45) is 1.04. The molecule has 8 heteroatoms. The van der Waals surface area contributed by atoms with E-state index < -0.39 is 10.0 Å². The predicted molar refractivity (Wildman–Crippen MR) is 117 cm³/mol. The van der Waals surface area contributed by atoms with Crippen molar-refractivity contribution in [2.75, 3.05) is 26.3 Å². The number of carbonyl (C=O) groups is 1. The number of sulfonamides is 1. The first-order valence-corrected chi connectivity index (χ1v) is 12.2. The summed E-state index contributed by atoms with van der Waals surface area (Å²) < 4.78 is 38.1. The molecule has 1 fully saturated rings. The number of benzene rings is 2. The van der Waals surface area contributed by atoms with Crippen LogP contribution in [0, 0.1) is 5.92 Å². The zero-order valence-corrected chi connectivity index (χ0v) is 18.4. The predicted octanol–water partition coefficient (Wildman–Crippen LogP) is 2.88. The fraction of sp³-hybridized carbons (Fsp3) is 0.435. The highest BCUT2D eigenvalue weighted by Gasteiger charge is 2.31. The van der Waals surface area contributed by atoms with Crippen LogP contribution in [0.4, 0.5) is 0 Å². The Hall–Kier alpha value is -2.58. The van der Waals surface area contributed by atoms with Crippen molar-refractivity contribution < 1.29 is 22.7 Å². The topological polar surface area (TPSA) is 84.9 Å². The normalized spacial score (nSPS) is 18.4. The van der Waals surface area contributed by atoms with Gasteiger partial charge in [0.15, 0.2) is 11.5 Å². The molecule has 31 heavy (non-hydrogen) atoms. The molecule has 0 radical (unpaired) electrons. The standard InChI is InChI=1S/C23H28N2O5S/c1-17(20-7-8-21-22(15-20)30-14-13-29-21)24-23(26)19-9-11-25(12-10-19)31(27,28)16-18-5-3-2-4-6-18/h2-8,15,17,19H,9-14,16H2,1H3,(H,24,26)/t17-/m1/s1. The van der Waals surface area contributed by atoms with Crippen molar-refractivity contribution in [2.45, 2.75) is 31.6 Å². The zero-order chi connectivity index (χ0) is 21.8. The van der Waals surface area contributed by atoms with E-state index in [1.54, 1.807) is 0 Å². The Morgan fingerprint density at radius 2 is 1.74 bits per heavy atom. The van der Waals surface area contributed by atoms with Crippen LogP contribution < -0.4 is 14.8 Å². The minimum Gasteiger partial charge on any atom is -0.486 e. The summed E-state index contributed by atoms with van der Waals surface area (Å²) in [5.74, 6) is 1.18. The highest BCUT2D eigenvalue weighted by atomic mass is 32.2. The second-order valence-corrected chi connectivity index (χ2v) is 10.0. The molecule has 0 saturated carbocycles. The lowest BCUT2D eigenvalue weighted by atomic mass is 9.96. The largest absolute Gasteiger partial charge is 0.486 e. The van der Waals surface area contributed by atoms with Crippen LogP contribution >= 0.6 is 0 Å². The van der Waals surface area contributed by atoms with E-state index in [0.717, 1.165) is 16.9 Å². The molecule has 166 valence electrons. The first-order valence-electron chi connectivity index (χ1n) is 10.6. The van der Waals surface area contributed by atoms with E-state index in [-0.39, 0.29) is 23.6 Å². The van der Waals surface area contributed by atoms with Gasteiger partial charge in [0.05, 0.1) is 11.8 Å². The molecule has 4 rings (SSSR count). The van der Waals surface area contributed by atoms with Crippen LogP contribution in [0.2, 0.25) is 0 Å². The fourth-order valence-corrected chi connectivity index (χ4v) is 5.58. The molecule has 0 bridgehead atoms. The second-order valence-electron chi connectivity index (χ2n) is 8.05. The van der Waals surface area contributed by atoms with E-state index in [0.29, 0.717) is 44.9 Å². The highest BCUT2D eigenvalue weighted by molar-refractivity contribution is 7.88. The first kappa shape index (κ1) is 21.6. The maximum absolute atomic E-state index is 12.8. The van der Waals surface area contributed by atoms with Crippen molar-refractivity contribution in [3.05, 3.63) is 59.7 Å². The number of piperidine rings is 1. The van der Waals surface area contributed by atoms with Crippen LogP contribution in [0.1, 0.15) is 36.9 Å². The van der Waals surface area contributed by atoms with Crippen LogP contribution in [0.5, 0.6) is 11.5 Å². The quantitative estimate of drug-likeness (QED) is 0.741. The van der Waals surface area contributed by atoms with Crippen LogP contribution in [-0.2, 0) is 20.6 Å². The molecular formula is C23H28N2O5S. The molecule has 1 N–H and O–H groups in total. The molecule has 2 aliphatic heterocycles. The van der Waals surface area contributed by atoms with E-state index in [1.165, 1.54) is 4.31 Å². The number of nitrogens with zero attached hydrogens (tertiary/aromatic N) is 1. The third kappa shape index (κ3) is 5.19. The molecule has 0 aromatic heterocycles. The number of fused-ring (bicyclic) bond motifs is 1. The average molecular weight is 445 g/mol. The number of rotatable bonds is 6. The maximum Gasteiger partial charge on any atom is 0.223 e. The summed E-state index contributed by atoms with van der Waals surface area (Å²) >= 11 is 0. The Labute approximate surface area is 183 Å². The van der Waals surface area contributed by atoms with E-state index in [2.05, 4.69) is 5.32 Å². The van der Waals surface area contributed by atoms with Crippen molar-refractivity contribution in [2.24, 2.45) is 5.92 Å². The van der Waals surface area contributed by atoms with Gasteiger partial charge in [-0.2, -0.15) is 0 Å². The summed E-state index contributed by atoms with van der Waals surface area (Å²) in [5, 5.41) is 3.06. The number of ether oxygens (including phenoxy) is 2. The van der Waals surface area contributed by atoms with Crippen LogP contribution in [0.15, 0.2) is 48.5 Å². The third-order valence-electron chi connectivity index (χ3n) is 5.83. The number of amides is 1. The maximum atomic E-state index is 12.8. The van der Waals surface area contributed by atoms with Gasteiger partial charge in [0.1, 0.15) is 13.2 Å². The minimum atomic E-state index is -3.38. The second kappa shape index (κ2) is 9.28. The van der Waals surface area contributed by atoms with Crippen molar-refractivity contribution >= 4 is 15.9 Å². The molecule has 1 amide bonds. The molecule has 2 aromatic carbocycles. The van der Waals surface area contributed by atoms with Gasteiger partial charge in [0, 0.05) is 19.0 Å². The SMILES string of the molecule is C[C@@H](NC(=O)C1CCN(S(=O)(=O)Cc2ccccc2)CC1)c1ccc2c(c1)OCCO2. The van der Waals surface area contributed by atoms with Gasteiger partial charge in [0.2, 0.25) is 15.9 Å². The molecule has 7 nitrogen and oxygen atoms in total. The minimum absolute atomic E-state index is 0.00808. The lowest BCUT2D eigenvalue weighted by molar-refractivity contribution is -0.126. The average Bonchev–Trinajstić information content (AvgIpc) is 2.79. The van der Waals surface area contributed by atoms with Gasteiger partial charge in [-0.3, -0.25) is 4.79 Å². The third-order valence-corrected chi connectivity index (χ3v) is 7.69. The Morgan fingerprint density at radius 3 is 2.45 bits per heavy atom. The fourth-order valence-electron chi connectivity index (χ4n) is 4.02. The van der Waals surface area contributed by atoms with Gasteiger partial charge in [-0.15, -0.1) is 0 Å². The number of hydrogen-bond acceptors (Lipinski definition) is 5. The zero-order valence-electron chi connectivity index (χ0n) is 17.6. The molecule has 0 aliphatic carbocycles. The van der Waals surface area contributed by atoms with Gasteiger partial charge in [-0.25, -0.2) is 12.7 Å². The van der Waals surface area contributed by atoms with E-state index in [9.17, 15) is 13.2 Å². The molecule has 1 saturated heterocycles.